The van der Waals surface area contributed by atoms with E-state index in [4.69, 9.17) is 5.73 Å². The summed E-state index contributed by atoms with van der Waals surface area (Å²) in [5.74, 6) is 1.29. The fourth-order valence-electron chi connectivity index (χ4n) is 4.50. The third-order valence-electron chi connectivity index (χ3n) is 5.89. The van der Waals surface area contributed by atoms with Crippen LogP contribution in [0.5, 0.6) is 0 Å². The first-order chi connectivity index (χ1) is 11.2. The van der Waals surface area contributed by atoms with Crippen molar-refractivity contribution in [3.63, 3.8) is 0 Å². The topological polar surface area (TPSA) is 63.4 Å². The Balaban J connectivity index is 0.00000169. The number of amides is 1. The van der Waals surface area contributed by atoms with Gasteiger partial charge >= 0.3 is 0 Å². The molecule has 4 nitrogen and oxygen atoms in total. The summed E-state index contributed by atoms with van der Waals surface area (Å²) in [4.78, 5) is 26.8. The molecule has 0 unspecified atom stereocenters. The molecule has 0 spiro atoms. The fraction of sp³-hybridized carbons (Fsp3) is 0.579. The van der Waals surface area contributed by atoms with Crippen LogP contribution in [0.3, 0.4) is 0 Å². The van der Waals surface area contributed by atoms with Crippen molar-refractivity contribution in [2.75, 3.05) is 18.0 Å². The molecule has 130 valence electrons. The van der Waals surface area contributed by atoms with Gasteiger partial charge in [0.25, 0.3) is 0 Å². The van der Waals surface area contributed by atoms with Gasteiger partial charge in [0, 0.05) is 24.4 Å². The number of nitrogens with zero attached hydrogens (tertiary/aromatic N) is 1. The van der Waals surface area contributed by atoms with Crippen LogP contribution >= 0.6 is 12.4 Å². The molecule has 0 radical (unpaired) electrons. The van der Waals surface area contributed by atoms with Gasteiger partial charge in [-0.3, -0.25) is 9.59 Å². The van der Waals surface area contributed by atoms with Gasteiger partial charge in [-0.25, -0.2) is 0 Å². The normalized spacial score (nSPS) is 25.2. The van der Waals surface area contributed by atoms with E-state index in [1.165, 1.54) is 11.1 Å². The van der Waals surface area contributed by atoms with E-state index >= 15 is 0 Å². The van der Waals surface area contributed by atoms with Crippen molar-refractivity contribution >= 4 is 29.8 Å². The number of halogens is 1. The molecule has 4 rings (SSSR count). The van der Waals surface area contributed by atoms with Gasteiger partial charge in [0.1, 0.15) is 0 Å². The smallest absolute Gasteiger partial charge is 0.227 e. The number of Topliss-reactive ketones (excluding diaryl/α,β-unsaturated/α-hetero) is 1. The van der Waals surface area contributed by atoms with Crippen LogP contribution in [0.4, 0.5) is 5.69 Å². The SMILES string of the molecule is Cl.NCC1CCC(C(=O)c2cc3c4c(c2)CCN4C(=O)CC3)CC1. The van der Waals surface area contributed by atoms with E-state index in [1.807, 2.05) is 4.90 Å². The molecule has 0 bridgehead atoms. The summed E-state index contributed by atoms with van der Waals surface area (Å²) in [5, 5.41) is 0. The quantitative estimate of drug-likeness (QED) is 0.854. The number of nitrogens with two attached hydrogens (primary N) is 1. The highest BCUT2D eigenvalue weighted by Crippen LogP contribution is 2.39. The molecule has 5 heteroatoms. The minimum Gasteiger partial charge on any atom is -0.330 e. The summed E-state index contributed by atoms with van der Waals surface area (Å²) in [5.41, 5.74) is 10.1. The predicted molar refractivity (Wildman–Crippen MR) is 96.9 cm³/mol. The van der Waals surface area contributed by atoms with Crippen molar-refractivity contribution in [1.82, 2.24) is 0 Å². The Morgan fingerprint density at radius 3 is 2.42 bits per heavy atom. The second-order valence-corrected chi connectivity index (χ2v) is 7.26. The molecule has 0 atom stereocenters. The molecule has 1 aliphatic carbocycles. The first kappa shape index (κ1) is 17.4. The summed E-state index contributed by atoms with van der Waals surface area (Å²) >= 11 is 0. The van der Waals surface area contributed by atoms with Crippen molar-refractivity contribution in [1.29, 1.82) is 0 Å². The molecule has 1 amide bonds. The highest BCUT2D eigenvalue weighted by Gasteiger charge is 2.33. The van der Waals surface area contributed by atoms with E-state index in [-0.39, 0.29) is 24.2 Å². The Bertz CT molecular complexity index is 666. The second-order valence-electron chi connectivity index (χ2n) is 7.26. The zero-order valence-corrected chi connectivity index (χ0v) is 14.7. The largest absolute Gasteiger partial charge is 0.330 e. The summed E-state index contributed by atoms with van der Waals surface area (Å²) in [6.07, 6.45) is 6.33. The molecule has 1 fully saturated rings. The number of hydrogen-bond donors (Lipinski definition) is 1. The molecule has 1 saturated carbocycles. The minimum atomic E-state index is 0. The van der Waals surface area contributed by atoms with Crippen molar-refractivity contribution in [3.05, 3.63) is 28.8 Å². The summed E-state index contributed by atoms with van der Waals surface area (Å²) < 4.78 is 0. The number of ketones is 1. The average molecular weight is 349 g/mol. The van der Waals surface area contributed by atoms with Gasteiger partial charge in [-0.1, -0.05) is 0 Å². The lowest BCUT2D eigenvalue weighted by atomic mass is 9.78. The predicted octanol–water partition coefficient (Wildman–Crippen LogP) is 2.89. The number of benzene rings is 1. The van der Waals surface area contributed by atoms with Gasteiger partial charge in [0.2, 0.25) is 5.91 Å². The highest BCUT2D eigenvalue weighted by molar-refractivity contribution is 6.02. The molecular formula is C19H25ClN2O2. The monoisotopic (exact) mass is 348 g/mol. The van der Waals surface area contributed by atoms with Crippen LogP contribution in [-0.2, 0) is 17.6 Å². The van der Waals surface area contributed by atoms with E-state index in [1.54, 1.807) is 0 Å². The number of anilines is 1. The Kier molecular flexibility index (Phi) is 4.97. The highest BCUT2D eigenvalue weighted by atomic mass is 35.5. The molecular weight excluding hydrogens is 324 g/mol. The molecule has 2 heterocycles. The van der Waals surface area contributed by atoms with E-state index in [0.29, 0.717) is 18.1 Å². The number of hydrogen-bond acceptors (Lipinski definition) is 3. The van der Waals surface area contributed by atoms with Crippen LogP contribution in [0.2, 0.25) is 0 Å². The van der Waals surface area contributed by atoms with Gasteiger partial charge in [-0.15, -0.1) is 12.4 Å². The van der Waals surface area contributed by atoms with Crippen molar-refractivity contribution in [3.8, 4) is 0 Å². The molecule has 0 saturated heterocycles. The maximum atomic E-state index is 12.9. The van der Waals surface area contributed by atoms with Crippen LogP contribution < -0.4 is 10.6 Å². The van der Waals surface area contributed by atoms with E-state index < -0.39 is 0 Å². The molecule has 2 N–H and O–H groups in total. The van der Waals surface area contributed by atoms with Crippen LogP contribution in [-0.4, -0.2) is 24.8 Å². The first-order valence-corrected chi connectivity index (χ1v) is 8.88. The van der Waals surface area contributed by atoms with Gasteiger partial charge in [-0.05, 0) is 74.2 Å². The molecule has 1 aromatic rings. The third kappa shape index (κ3) is 2.86. The minimum absolute atomic E-state index is 0. The van der Waals surface area contributed by atoms with Crippen LogP contribution in [0.25, 0.3) is 0 Å². The Hall–Kier alpha value is -1.39. The number of carbonyl (C=O) groups is 2. The number of aryl methyl sites for hydroxylation is 1. The number of carbonyl (C=O) groups excluding carboxylic acids is 2. The summed E-state index contributed by atoms with van der Waals surface area (Å²) in [7, 11) is 0. The summed E-state index contributed by atoms with van der Waals surface area (Å²) in [6.45, 7) is 1.52. The lowest BCUT2D eigenvalue weighted by molar-refractivity contribution is -0.118. The Morgan fingerprint density at radius 2 is 1.75 bits per heavy atom. The van der Waals surface area contributed by atoms with E-state index in [9.17, 15) is 9.59 Å². The standard InChI is InChI=1S/C19H24N2O2.ClH/c20-11-12-1-3-13(4-2-12)19(23)16-9-14-5-6-17(22)21-8-7-15(10-16)18(14)21;/h9-10,12-13H,1-8,11,20H2;1H. The van der Waals surface area contributed by atoms with E-state index in [2.05, 4.69) is 12.1 Å². The number of rotatable bonds is 3. The van der Waals surface area contributed by atoms with Crippen molar-refractivity contribution in [2.45, 2.75) is 44.9 Å². The van der Waals surface area contributed by atoms with Crippen LogP contribution in [0, 0.1) is 11.8 Å². The molecule has 3 aliphatic rings. The lowest BCUT2D eigenvalue weighted by Gasteiger charge is -2.28. The average Bonchev–Trinajstić information content (AvgIpc) is 3.03. The maximum Gasteiger partial charge on any atom is 0.227 e. The molecule has 0 aromatic heterocycles. The molecule has 24 heavy (non-hydrogen) atoms. The van der Waals surface area contributed by atoms with Crippen molar-refractivity contribution in [2.24, 2.45) is 17.6 Å². The molecule has 1 aromatic carbocycles. The van der Waals surface area contributed by atoms with Gasteiger partial charge in [0.15, 0.2) is 5.78 Å². The first-order valence-electron chi connectivity index (χ1n) is 8.88. The third-order valence-corrected chi connectivity index (χ3v) is 5.89. The second kappa shape index (κ2) is 6.85. The van der Waals surface area contributed by atoms with Crippen LogP contribution in [0.1, 0.15) is 53.6 Å². The zero-order valence-electron chi connectivity index (χ0n) is 13.9. The Labute approximate surface area is 149 Å². The van der Waals surface area contributed by atoms with Crippen LogP contribution in [0.15, 0.2) is 12.1 Å². The van der Waals surface area contributed by atoms with E-state index in [0.717, 1.165) is 62.9 Å². The lowest BCUT2D eigenvalue weighted by Crippen LogP contribution is -2.33. The fourth-order valence-corrected chi connectivity index (χ4v) is 4.50. The van der Waals surface area contributed by atoms with Gasteiger partial charge < -0.3 is 10.6 Å². The van der Waals surface area contributed by atoms with Crippen molar-refractivity contribution < 1.29 is 9.59 Å². The van der Waals surface area contributed by atoms with Gasteiger partial charge in [0.05, 0.1) is 5.69 Å². The van der Waals surface area contributed by atoms with Gasteiger partial charge in [-0.2, -0.15) is 0 Å². The maximum absolute atomic E-state index is 12.9. The summed E-state index contributed by atoms with van der Waals surface area (Å²) in [6, 6.07) is 4.11. The molecule has 2 aliphatic heterocycles. The zero-order chi connectivity index (χ0) is 16.0. The Morgan fingerprint density at radius 1 is 1.08 bits per heavy atom.